The molecule has 14 heavy (non-hydrogen) atoms. The summed E-state index contributed by atoms with van der Waals surface area (Å²) in [7, 11) is 0. The van der Waals surface area contributed by atoms with Crippen molar-refractivity contribution in [2.75, 3.05) is 0 Å². The Morgan fingerprint density at radius 2 is 2.36 bits per heavy atom. The molecular weight excluding hydrogens is 184 g/mol. The molecule has 6 nitrogen and oxygen atoms in total. The zero-order valence-electron chi connectivity index (χ0n) is 7.76. The highest BCUT2D eigenvalue weighted by Crippen LogP contribution is 2.49. The second-order valence-electron chi connectivity index (χ2n) is 3.76. The van der Waals surface area contributed by atoms with Gasteiger partial charge in [-0.05, 0) is 36.1 Å². The van der Waals surface area contributed by atoms with E-state index in [9.17, 15) is 4.79 Å². The number of rotatable bonds is 5. The quantitative estimate of drug-likeness (QED) is 0.733. The molecule has 0 bridgehead atoms. The van der Waals surface area contributed by atoms with Crippen molar-refractivity contribution >= 4 is 5.97 Å². The number of carboxylic acid groups (broad SMARTS) is 1. The predicted octanol–water partition coefficient (Wildman–Crippen LogP) is 0.318. The third-order valence-corrected chi connectivity index (χ3v) is 2.74. The van der Waals surface area contributed by atoms with Crippen molar-refractivity contribution in [3.63, 3.8) is 0 Å². The number of hydrogen-bond acceptors (Lipinski definition) is 4. The van der Waals surface area contributed by atoms with E-state index in [0.717, 1.165) is 25.7 Å². The minimum Gasteiger partial charge on any atom is -0.481 e. The molecule has 0 saturated heterocycles. The van der Waals surface area contributed by atoms with Gasteiger partial charge < -0.3 is 5.11 Å². The fourth-order valence-electron chi connectivity index (χ4n) is 1.58. The summed E-state index contributed by atoms with van der Waals surface area (Å²) in [6, 6.07) is 0. The topological polar surface area (TPSA) is 80.9 Å². The molecule has 1 aliphatic rings. The Kier molecular flexibility index (Phi) is 2.18. The molecule has 0 radical (unpaired) electrons. The maximum Gasteiger partial charge on any atom is 0.309 e. The maximum atomic E-state index is 10.8. The number of tetrazole rings is 1. The van der Waals surface area contributed by atoms with E-state index >= 15 is 0 Å². The lowest BCUT2D eigenvalue weighted by atomic mass is 10.0. The Labute approximate surface area is 80.9 Å². The summed E-state index contributed by atoms with van der Waals surface area (Å²) in [5.74, 6) is -0.658. The van der Waals surface area contributed by atoms with Gasteiger partial charge in [0.05, 0.1) is 5.41 Å². The lowest BCUT2D eigenvalue weighted by molar-refractivity contribution is -0.143. The number of aliphatic carboxylic acids is 1. The molecule has 2 rings (SSSR count). The van der Waals surface area contributed by atoms with E-state index in [1.54, 1.807) is 11.0 Å². The number of carboxylic acids is 1. The molecule has 0 atom stereocenters. The van der Waals surface area contributed by atoms with Crippen LogP contribution in [0.15, 0.2) is 6.33 Å². The second-order valence-corrected chi connectivity index (χ2v) is 3.76. The van der Waals surface area contributed by atoms with Crippen LogP contribution in [-0.4, -0.2) is 31.3 Å². The summed E-state index contributed by atoms with van der Waals surface area (Å²) in [5, 5.41) is 19.6. The van der Waals surface area contributed by atoms with Crippen LogP contribution >= 0.6 is 0 Å². The highest BCUT2D eigenvalue weighted by atomic mass is 16.4. The molecule has 6 heteroatoms. The van der Waals surface area contributed by atoms with E-state index in [1.165, 1.54) is 0 Å². The highest BCUT2D eigenvalue weighted by molar-refractivity contribution is 5.77. The molecule has 1 N–H and O–H groups in total. The zero-order valence-corrected chi connectivity index (χ0v) is 7.76. The molecule has 0 aromatic carbocycles. The van der Waals surface area contributed by atoms with Gasteiger partial charge in [0, 0.05) is 6.54 Å². The van der Waals surface area contributed by atoms with Gasteiger partial charge in [0.1, 0.15) is 6.33 Å². The molecule has 1 saturated carbocycles. The Hall–Kier alpha value is -1.46. The van der Waals surface area contributed by atoms with Gasteiger partial charge in [-0.2, -0.15) is 0 Å². The Morgan fingerprint density at radius 3 is 2.86 bits per heavy atom. The normalized spacial score (nSPS) is 18.0. The third-order valence-electron chi connectivity index (χ3n) is 2.74. The van der Waals surface area contributed by atoms with Gasteiger partial charge in [-0.15, -0.1) is 5.10 Å². The van der Waals surface area contributed by atoms with Crippen molar-refractivity contribution in [3.8, 4) is 0 Å². The summed E-state index contributed by atoms with van der Waals surface area (Å²) >= 11 is 0. The maximum absolute atomic E-state index is 10.8. The van der Waals surface area contributed by atoms with Crippen molar-refractivity contribution < 1.29 is 9.90 Å². The monoisotopic (exact) mass is 196 g/mol. The smallest absolute Gasteiger partial charge is 0.309 e. The van der Waals surface area contributed by atoms with Gasteiger partial charge in [0.15, 0.2) is 0 Å². The molecular formula is C8H12N4O2. The van der Waals surface area contributed by atoms with Crippen molar-refractivity contribution in [2.45, 2.75) is 32.2 Å². The van der Waals surface area contributed by atoms with E-state index in [1.807, 2.05) is 0 Å². The lowest BCUT2D eigenvalue weighted by Gasteiger charge is -2.07. The molecule has 1 aliphatic carbocycles. The predicted molar refractivity (Wildman–Crippen MR) is 46.4 cm³/mol. The molecule has 1 fully saturated rings. The standard InChI is InChI=1S/C8H12N4O2/c13-7(14)8(3-4-8)2-1-5-12-6-9-10-11-12/h6H,1-5H2,(H,13,14). The first-order valence-corrected chi connectivity index (χ1v) is 4.67. The first-order valence-electron chi connectivity index (χ1n) is 4.67. The van der Waals surface area contributed by atoms with Gasteiger partial charge in [0.25, 0.3) is 0 Å². The average Bonchev–Trinajstić information content (AvgIpc) is 2.76. The summed E-state index contributed by atoms with van der Waals surface area (Å²) in [6.45, 7) is 0.696. The van der Waals surface area contributed by atoms with Crippen LogP contribution in [0.25, 0.3) is 0 Å². The largest absolute Gasteiger partial charge is 0.481 e. The van der Waals surface area contributed by atoms with Gasteiger partial charge in [-0.25, -0.2) is 4.68 Å². The van der Waals surface area contributed by atoms with Crippen LogP contribution in [0.3, 0.4) is 0 Å². The number of aryl methyl sites for hydroxylation is 1. The van der Waals surface area contributed by atoms with Crippen molar-refractivity contribution in [2.24, 2.45) is 5.41 Å². The number of aromatic nitrogens is 4. The molecule has 0 amide bonds. The van der Waals surface area contributed by atoms with Gasteiger partial charge in [-0.1, -0.05) is 0 Å². The lowest BCUT2D eigenvalue weighted by Crippen LogP contribution is -2.15. The summed E-state index contributed by atoms with van der Waals surface area (Å²) in [4.78, 5) is 10.8. The average molecular weight is 196 g/mol. The van der Waals surface area contributed by atoms with Crippen LogP contribution in [0.2, 0.25) is 0 Å². The van der Waals surface area contributed by atoms with Crippen molar-refractivity contribution in [3.05, 3.63) is 6.33 Å². The molecule has 0 aliphatic heterocycles. The van der Waals surface area contributed by atoms with Crippen LogP contribution in [0, 0.1) is 5.41 Å². The van der Waals surface area contributed by atoms with E-state index < -0.39 is 11.4 Å². The Balaban J connectivity index is 1.76. The van der Waals surface area contributed by atoms with Crippen LogP contribution in [0.5, 0.6) is 0 Å². The van der Waals surface area contributed by atoms with Crippen molar-refractivity contribution in [1.82, 2.24) is 20.2 Å². The molecule has 0 unspecified atom stereocenters. The summed E-state index contributed by atoms with van der Waals surface area (Å²) in [6.07, 6.45) is 4.72. The molecule has 1 aromatic rings. The SMILES string of the molecule is O=C(O)C1(CCCn2cnnn2)CC1. The second kappa shape index (κ2) is 3.36. The van der Waals surface area contributed by atoms with Crippen LogP contribution < -0.4 is 0 Å². The van der Waals surface area contributed by atoms with E-state index in [0.29, 0.717) is 6.54 Å². The van der Waals surface area contributed by atoms with E-state index in [4.69, 9.17) is 5.11 Å². The van der Waals surface area contributed by atoms with E-state index in [-0.39, 0.29) is 0 Å². The van der Waals surface area contributed by atoms with Gasteiger partial charge >= 0.3 is 5.97 Å². The van der Waals surface area contributed by atoms with Gasteiger partial charge in [-0.3, -0.25) is 4.79 Å². The van der Waals surface area contributed by atoms with Crippen LogP contribution in [0.4, 0.5) is 0 Å². The Morgan fingerprint density at radius 1 is 1.57 bits per heavy atom. The first-order chi connectivity index (χ1) is 6.73. The Bertz CT molecular complexity index is 318. The first kappa shape index (κ1) is 9.11. The number of carbonyl (C=O) groups is 1. The van der Waals surface area contributed by atoms with Gasteiger partial charge in [0.2, 0.25) is 0 Å². The third kappa shape index (κ3) is 1.73. The fourth-order valence-corrected chi connectivity index (χ4v) is 1.58. The number of nitrogens with zero attached hydrogens (tertiary/aromatic N) is 4. The number of hydrogen-bond donors (Lipinski definition) is 1. The fraction of sp³-hybridized carbons (Fsp3) is 0.750. The molecule has 0 spiro atoms. The van der Waals surface area contributed by atoms with Crippen molar-refractivity contribution in [1.29, 1.82) is 0 Å². The minimum absolute atomic E-state index is 0.423. The summed E-state index contributed by atoms with van der Waals surface area (Å²) < 4.78 is 1.62. The zero-order chi connectivity index (χ0) is 10.0. The highest BCUT2D eigenvalue weighted by Gasteiger charge is 2.49. The van der Waals surface area contributed by atoms with Crippen LogP contribution in [0.1, 0.15) is 25.7 Å². The van der Waals surface area contributed by atoms with E-state index in [2.05, 4.69) is 15.5 Å². The molecule has 76 valence electrons. The van der Waals surface area contributed by atoms with Crippen LogP contribution in [-0.2, 0) is 11.3 Å². The minimum atomic E-state index is -0.658. The molecule has 1 aromatic heterocycles. The summed E-state index contributed by atoms with van der Waals surface area (Å²) in [5.41, 5.74) is -0.423. The molecule has 1 heterocycles.